The quantitative estimate of drug-likeness (QED) is 0.421. The monoisotopic (exact) mass is 528 g/mol. The molecule has 38 heavy (non-hydrogen) atoms. The number of rotatable bonds is 8. The lowest BCUT2D eigenvalue weighted by atomic mass is 9.99. The Morgan fingerprint density at radius 2 is 2.00 bits per heavy atom. The number of anilines is 1. The Morgan fingerprint density at radius 3 is 2.71 bits per heavy atom. The van der Waals surface area contributed by atoms with Crippen molar-refractivity contribution in [1.82, 2.24) is 25.2 Å². The number of carbonyl (C=O) groups excluding carboxylic acids is 1. The van der Waals surface area contributed by atoms with Crippen LogP contribution < -0.4 is 10.6 Å². The van der Waals surface area contributed by atoms with Gasteiger partial charge in [0.25, 0.3) is 0 Å². The van der Waals surface area contributed by atoms with E-state index in [0.29, 0.717) is 29.6 Å². The Kier molecular flexibility index (Phi) is 8.35. The molecule has 4 rings (SSSR count). The van der Waals surface area contributed by atoms with Crippen molar-refractivity contribution in [2.45, 2.75) is 31.2 Å². The molecule has 0 aliphatic carbocycles. The number of hydrogen-bond acceptors (Lipinski definition) is 6. The van der Waals surface area contributed by atoms with Gasteiger partial charge in [0.1, 0.15) is 12.5 Å². The van der Waals surface area contributed by atoms with Gasteiger partial charge in [-0.05, 0) is 37.2 Å². The standard InChI is InChI=1S/C27H28F4N6O/c1-17(27(29,30)31)26-20-6-3-7-23(36-24-8-10-37(2)15-22(24)28)21(20)12-19(35-26)5-4-9-34-25(38)11-18-13-32-16-33-14-18/h3-7,12-14,16,22,24,36H,1,8-11,15H2,2H3,(H,34,38)/b5-4+/t22-,24+/m0/s1. The number of fused-ring (bicyclic) bond motifs is 1. The van der Waals surface area contributed by atoms with Gasteiger partial charge < -0.3 is 15.5 Å². The van der Waals surface area contributed by atoms with Crippen molar-refractivity contribution in [3.63, 3.8) is 0 Å². The van der Waals surface area contributed by atoms with E-state index in [-0.39, 0.29) is 42.2 Å². The summed E-state index contributed by atoms with van der Waals surface area (Å²) in [6.07, 6.45) is 2.42. The van der Waals surface area contributed by atoms with Crippen LogP contribution in [0, 0.1) is 0 Å². The Morgan fingerprint density at radius 1 is 1.24 bits per heavy atom. The van der Waals surface area contributed by atoms with Gasteiger partial charge >= 0.3 is 6.18 Å². The third-order valence-corrected chi connectivity index (χ3v) is 6.29. The summed E-state index contributed by atoms with van der Waals surface area (Å²) in [5.74, 6) is -0.257. The maximum Gasteiger partial charge on any atom is 0.417 e. The lowest BCUT2D eigenvalue weighted by Gasteiger charge is -2.33. The van der Waals surface area contributed by atoms with Crippen molar-refractivity contribution in [1.29, 1.82) is 0 Å². The number of aromatic nitrogens is 3. The number of alkyl halides is 4. The highest BCUT2D eigenvalue weighted by Crippen LogP contribution is 2.37. The van der Waals surface area contributed by atoms with Crippen LogP contribution in [0.25, 0.3) is 22.4 Å². The van der Waals surface area contributed by atoms with Gasteiger partial charge in [0, 0.05) is 48.5 Å². The average molecular weight is 529 g/mol. The van der Waals surface area contributed by atoms with Crippen molar-refractivity contribution in [3.05, 3.63) is 72.6 Å². The molecule has 1 aromatic carbocycles. The van der Waals surface area contributed by atoms with Gasteiger partial charge in [0.05, 0.1) is 29.4 Å². The molecule has 0 bridgehead atoms. The molecule has 1 amide bonds. The normalized spacial score (nSPS) is 18.6. The predicted molar refractivity (Wildman–Crippen MR) is 139 cm³/mol. The van der Waals surface area contributed by atoms with E-state index < -0.39 is 24.0 Å². The van der Waals surface area contributed by atoms with Gasteiger partial charge in [0.2, 0.25) is 5.91 Å². The van der Waals surface area contributed by atoms with Crippen LogP contribution in [0.1, 0.15) is 23.4 Å². The third kappa shape index (κ3) is 6.71. The van der Waals surface area contributed by atoms with Gasteiger partial charge in [-0.2, -0.15) is 13.2 Å². The second-order valence-corrected chi connectivity index (χ2v) is 9.22. The molecule has 0 unspecified atom stereocenters. The fourth-order valence-electron chi connectivity index (χ4n) is 4.31. The predicted octanol–water partition coefficient (Wildman–Crippen LogP) is 4.43. The first kappa shape index (κ1) is 27.2. The van der Waals surface area contributed by atoms with E-state index in [1.54, 1.807) is 42.7 Å². The van der Waals surface area contributed by atoms with E-state index in [1.165, 1.54) is 12.4 Å². The van der Waals surface area contributed by atoms with E-state index in [9.17, 15) is 22.4 Å². The summed E-state index contributed by atoms with van der Waals surface area (Å²) < 4.78 is 55.6. The van der Waals surface area contributed by atoms with Crippen LogP contribution in [0.2, 0.25) is 0 Å². The number of hydrogen-bond donors (Lipinski definition) is 2. The molecular weight excluding hydrogens is 500 g/mol. The van der Waals surface area contributed by atoms with Gasteiger partial charge in [-0.3, -0.25) is 4.79 Å². The second-order valence-electron chi connectivity index (χ2n) is 9.22. The fourth-order valence-corrected chi connectivity index (χ4v) is 4.31. The molecule has 1 fully saturated rings. The molecule has 0 saturated carbocycles. The van der Waals surface area contributed by atoms with Crippen molar-refractivity contribution in [2.75, 3.05) is 32.0 Å². The fraction of sp³-hybridized carbons (Fsp3) is 0.333. The highest BCUT2D eigenvalue weighted by atomic mass is 19.4. The smallest absolute Gasteiger partial charge is 0.379 e. The average Bonchev–Trinajstić information content (AvgIpc) is 2.87. The first-order chi connectivity index (χ1) is 18.1. The minimum Gasteiger partial charge on any atom is -0.379 e. The van der Waals surface area contributed by atoms with Gasteiger partial charge in [0.15, 0.2) is 0 Å². The molecule has 1 aliphatic heterocycles. The van der Waals surface area contributed by atoms with Crippen LogP contribution in [0.5, 0.6) is 0 Å². The molecule has 0 radical (unpaired) electrons. The summed E-state index contributed by atoms with van der Waals surface area (Å²) in [7, 11) is 1.85. The minimum absolute atomic E-state index is 0.0972. The second kappa shape index (κ2) is 11.7. The number of benzene rings is 1. The zero-order chi connectivity index (χ0) is 27.3. The Hall–Kier alpha value is -3.86. The number of halogens is 4. The van der Waals surface area contributed by atoms with Crippen molar-refractivity contribution in [2.24, 2.45) is 0 Å². The molecule has 2 N–H and O–H groups in total. The van der Waals surface area contributed by atoms with Gasteiger partial charge in [-0.1, -0.05) is 24.8 Å². The number of likely N-dealkylation sites (tertiary alicyclic amines) is 1. The van der Waals surface area contributed by atoms with Crippen LogP contribution in [0.3, 0.4) is 0 Å². The molecule has 11 heteroatoms. The van der Waals surface area contributed by atoms with Crippen LogP contribution in [-0.4, -0.2) is 70.8 Å². The third-order valence-electron chi connectivity index (χ3n) is 6.29. The van der Waals surface area contributed by atoms with E-state index in [4.69, 9.17) is 0 Å². The molecule has 1 saturated heterocycles. The molecule has 2 atom stereocenters. The van der Waals surface area contributed by atoms with Crippen molar-refractivity contribution >= 4 is 34.0 Å². The van der Waals surface area contributed by atoms with Gasteiger partial charge in [-0.15, -0.1) is 0 Å². The maximum atomic E-state index is 14.7. The first-order valence-electron chi connectivity index (χ1n) is 12.1. The highest BCUT2D eigenvalue weighted by Gasteiger charge is 2.35. The Bertz CT molecular complexity index is 1330. The van der Waals surface area contributed by atoms with Crippen LogP contribution in [0.15, 0.2) is 55.6 Å². The molecule has 3 aromatic rings. The number of piperidine rings is 1. The van der Waals surface area contributed by atoms with E-state index >= 15 is 0 Å². The number of allylic oxidation sites excluding steroid dienone is 1. The molecule has 2 aromatic heterocycles. The topological polar surface area (TPSA) is 83.0 Å². The number of pyridine rings is 1. The number of nitrogens with one attached hydrogen (secondary N) is 2. The largest absolute Gasteiger partial charge is 0.417 e. The van der Waals surface area contributed by atoms with Gasteiger partial charge in [-0.25, -0.2) is 19.3 Å². The summed E-state index contributed by atoms with van der Waals surface area (Å²) in [5, 5.41) is 6.64. The summed E-state index contributed by atoms with van der Waals surface area (Å²) in [5.41, 5.74) is 0.0487. The number of amides is 1. The van der Waals surface area contributed by atoms with Crippen molar-refractivity contribution < 1.29 is 22.4 Å². The minimum atomic E-state index is -4.68. The summed E-state index contributed by atoms with van der Waals surface area (Å²) >= 11 is 0. The zero-order valence-electron chi connectivity index (χ0n) is 20.8. The number of carbonyl (C=O) groups is 1. The van der Waals surface area contributed by atoms with Crippen LogP contribution in [0.4, 0.5) is 23.2 Å². The molecule has 1 aliphatic rings. The highest BCUT2D eigenvalue weighted by molar-refractivity contribution is 6.00. The Balaban J connectivity index is 1.59. The molecule has 7 nitrogen and oxygen atoms in total. The van der Waals surface area contributed by atoms with Crippen molar-refractivity contribution in [3.8, 4) is 0 Å². The zero-order valence-corrected chi connectivity index (χ0v) is 20.8. The molecule has 0 spiro atoms. The van der Waals surface area contributed by atoms with E-state index in [0.717, 1.165) is 0 Å². The van der Waals surface area contributed by atoms with E-state index in [1.807, 2.05) is 11.9 Å². The molecular formula is C27H28F4N6O. The van der Waals surface area contributed by atoms with Crippen LogP contribution in [-0.2, 0) is 11.2 Å². The van der Waals surface area contributed by atoms with Crippen LogP contribution >= 0.6 is 0 Å². The lowest BCUT2D eigenvalue weighted by Crippen LogP contribution is -2.46. The lowest BCUT2D eigenvalue weighted by molar-refractivity contribution is -0.120. The number of nitrogens with zero attached hydrogens (tertiary/aromatic N) is 4. The molecule has 200 valence electrons. The summed E-state index contributed by atoms with van der Waals surface area (Å²) in [6.45, 7) is 4.37. The first-order valence-corrected chi connectivity index (χ1v) is 12.1. The summed E-state index contributed by atoms with van der Waals surface area (Å²) in [4.78, 5) is 26.0. The molecule has 3 heterocycles. The SMILES string of the molecule is C=C(c1nc(/C=C/CNC(=O)Cc2cncnc2)cc2c(N[C@@H]3CCN(C)C[C@@H]3F)cccc12)C(F)(F)F. The maximum absolute atomic E-state index is 14.7. The summed E-state index contributed by atoms with van der Waals surface area (Å²) in [6, 6.07) is 6.05. The Labute approximate surface area is 217 Å². The van der Waals surface area contributed by atoms with E-state index in [2.05, 4.69) is 32.2 Å².